The smallest absolute Gasteiger partial charge is 0.160 e. The van der Waals surface area contributed by atoms with Crippen LogP contribution in [0.15, 0.2) is 49.1 Å². The summed E-state index contributed by atoms with van der Waals surface area (Å²) < 4.78 is 1.89. The molecule has 2 N–H and O–H groups in total. The Labute approximate surface area is 126 Å². The van der Waals surface area contributed by atoms with Gasteiger partial charge in [-0.2, -0.15) is 10.2 Å². The average Bonchev–Trinajstić information content (AvgIpc) is 3.16. The monoisotopic (exact) mass is 291 g/mol. The molecule has 3 aromatic heterocycles. The van der Waals surface area contributed by atoms with Crippen LogP contribution in [0.5, 0.6) is 0 Å². The summed E-state index contributed by atoms with van der Waals surface area (Å²) in [6.45, 7) is 2.01. The van der Waals surface area contributed by atoms with Crippen molar-refractivity contribution in [2.75, 3.05) is 5.32 Å². The number of para-hydroxylation sites is 1. The summed E-state index contributed by atoms with van der Waals surface area (Å²) >= 11 is 0. The van der Waals surface area contributed by atoms with Gasteiger partial charge in [0.25, 0.3) is 0 Å². The maximum absolute atomic E-state index is 4.44. The van der Waals surface area contributed by atoms with Crippen molar-refractivity contribution in [1.82, 2.24) is 29.9 Å². The molecule has 0 aliphatic carbocycles. The second-order valence-electron chi connectivity index (χ2n) is 4.87. The Balaban J connectivity index is 1.73. The summed E-state index contributed by atoms with van der Waals surface area (Å²) in [7, 11) is 0. The van der Waals surface area contributed by atoms with Crippen molar-refractivity contribution in [3.05, 3.63) is 54.7 Å². The van der Waals surface area contributed by atoms with Crippen LogP contribution in [0.1, 0.15) is 5.69 Å². The molecule has 108 valence electrons. The van der Waals surface area contributed by atoms with E-state index in [-0.39, 0.29) is 0 Å². The SMILES string of the molecule is Cc1c(Nc2ncnc3[nH]ncc23)cnn1-c1ccccc1. The molecule has 0 saturated carbocycles. The molecule has 0 spiro atoms. The molecule has 0 bridgehead atoms. The van der Waals surface area contributed by atoms with Crippen LogP contribution in [0, 0.1) is 6.92 Å². The van der Waals surface area contributed by atoms with E-state index in [1.807, 2.05) is 41.9 Å². The Morgan fingerprint density at radius 3 is 2.82 bits per heavy atom. The van der Waals surface area contributed by atoms with Crippen LogP contribution >= 0.6 is 0 Å². The third kappa shape index (κ3) is 1.99. The zero-order chi connectivity index (χ0) is 14.9. The van der Waals surface area contributed by atoms with E-state index in [2.05, 4.69) is 30.6 Å². The van der Waals surface area contributed by atoms with Crippen LogP contribution in [0.25, 0.3) is 16.7 Å². The Morgan fingerprint density at radius 1 is 1.09 bits per heavy atom. The largest absolute Gasteiger partial charge is 0.337 e. The van der Waals surface area contributed by atoms with Gasteiger partial charge < -0.3 is 5.32 Å². The highest BCUT2D eigenvalue weighted by molar-refractivity contribution is 5.87. The van der Waals surface area contributed by atoms with Crippen LogP contribution < -0.4 is 5.32 Å². The van der Waals surface area contributed by atoms with Crippen molar-refractivity contribution in [1.29, 1.82) is 0 Å². The Hall–Kier alpha value is -3.22. The van der Waals surface area contributed by atoms with Crippen LogP contribution in [-0.2, 0) is 0 Å². The van der Waals surface area contributed by atoms with Crippen molar-refractivity contribution in [3.8, 4) is 5.69 Å². The molecule has 0 aliphatic heterocycles. The summed E-state index contributed by atoms with van der Waals surface area (Å²) in [4.78, 5) is 8.41. The fourth-order valence-electron chi connectivity index (χ4n) is 2.35. The van der Waals surface area contributed by atoms with Gasteiger partial charge in [-0.25, -0.2) is 14.6 Å². The van der Waals surface area contributed by atoms with Gasteiger partial charge in [-0.15, -0.1) is 0 Å². The van der Waals surface area contributed by atoms with Gasteiger partial charge in [-0.1, -0.05) is 18.2 Å². The van der Waals surface area contributed by atoms with Crippen LogP contribution in [0.2, 0.25) is 0 Å². The third-order valence-corrected chi connectivity index (χ3v) is 3.51. The summed E-state index contributed by atoms with van der Waals surface area (Å²) in [6, 6.07) is 10.00. The number of rotatable bonds is 3. The van der Waals surface area contributed by atoms with E-state index >= 15 is 0 Å². The molecular formula is C15H13N7. The summed E-state index contributed by atoms with van der Waals surface area (Å²) in [6.07, 6.45) is 4.99. The van der Waals surface area contributed by atoms with E-state index in [9.17, 15) is 0 Å². The fourth-order valence-corrected chi connectivity index (χ4v) is 2.35. The van der Waals surface area contributed by atoms with E-state index in [0.717, 1.165) is 22.5 Å². The molecule has 0 radical (unpaired) electrons. The van der Waals surface area contributed by atoms with Crippen molar-refractivity contribution < 1.29 is 0 Å². The van der Waals surface area contributed by atoms with E-state index in [0.29, 0.717) is 11.5 Å². The molecule has 4 rings (SSSR count). The highest BCUT2D eigenvalue weighted by atomic mass is 15.3. The number of anilines is 2. The fraction of sp³-hybridized carbons (Fsp3) is 0.0667. The number of fused-ring (bicyclic) bond motifs is 1. The van der Waals surface area contributed by atoms with Crippen molar-refractivity contribution in [2.24, 2.45) is 0 Å². The molecule has 1 aromatic carbocycles. The number of hydrogen-bond donors (Lipinski definition) is 2. The summed E-state index contributed by atoms with van der Waals surface area (Å²) in [5.41, 5.74) is 3.61. The van der Waals surface area contributed by atoms with Gasteiger partial charge in [-0.05, 0) is 19.1 Å². The molecule has 0 unspecified atom stereocenters. The lowest BCUT2D eigenvalue weighted by Gasteiger charge is -2.07. The number of hydrogen-bond acceptors (Lipinski definition) is 5. The zero-order valence-corrected chi connectivity index (χ0v) is 11.9. The zero-order valence-electron chi connectivity index (χ0n) is 11.9. The first-order chi connectivity index (χ1) is 10.8. The number of nitrogens with one attached hydrogen (secondary N) is 2. The van der Waals surface area contributed by atoms with Gasteiger partial charge in [-0.3, -0.25) is 5.10 Å². The minimum Gasteiger partial charge on any atom is -0.337 e. The van der Waals surface area contributed by atoms with Gasteiger partial charge >= 0.3 is 0 Å². The second-order valence-corrected chi connectivity index (χ2v) is 4.87. The van der Waals surface area contributed by atoms with E-state index in [4.69, 9.17) is 0 Å². The quantitative estimate of drug-likeness (QED) is 0.606. The Bertz CT molecular complexity index is 923. The molecule has 7 heteroatoms. The molecule has 0 aliphatic rings. The van der Waals surface area contributed by atoms with Gasteiger partial charge in [0.1, 0.15) is 12.1 Å². The number of H-pyrrole nitrogens is 1. The predicted octanol–water partition coefficient (Wildman–Crippen LogP) is 2.59. The molecule has 3 heterocycles. The van der Waals surface area contributed by atoms with Crippen LogP contribution in [-0.4, -0.2) is 29.9 Å². The number of aromatic amines is 1. The lowest BCUT2D eigenvalue weighted by Crippen LogP contribution is -2.00. The molecule has 0 fully saturated rings. The molecule has 0 amide bonds. The maximum atomic E-state index is 4.44. The first-order valence-electron chi connectivity index (χ1n) is 6.84. The number of benzene rings is 1. The minimum absolute atomic E-state index is 0.700. The molecule has 22 heavy (non-hydrogen) atoms. The van der Waals surface area contributed by atoms with E-state index < -0.39 is 0 Å². The molecule has 4 aromatic rings. The highest BCUT2D eigenvalue weighted by Gasteiger charge is 2.11. The molecule has 7 nitrogen and oxygen atoms in total. The van der Waals surface area contributed by atoms with E-state index in [1.165, 1.54) is 6.33 Å². The molecule has 0 saturated heterocycles. The predicted molar refractivity (Wildman–Crippen MR) is 83.3 cm³/mol. The lowest BCUT2D eigenvalue weighted by molar-refractivity contribution is 0.847. The summed E-state index contributed by atoms with van der Waals surface area (Å²) in [5, 5.41) is 15.4. The standard InChI is InChI=1S/C15H13N7/c1-10-13(8-19-22(10)11-5-3-2-4-6-11)20-14-12-7-18-21-15(12)17-9-16-14/h2-9H,1H3,(H2,16,17,18,20,21). The normalized spacial score (nSPS) is 11.0. The Kier molecular flexibility index (Phi) is 2.82. The lowest BCUT2D eigenvalue weighted by atomic mass is 10.3. The van der Waals surface area contributed by atoms with Gasteiger partial charge in [0, 0.05) is 0 Å². The third-order valence-electron chi connectivity index (χ3n) is 3.51. The van der Waals surface area contributed by atoms with Crippen LogP contribution in [0.4, 0.5) is 11.5 Å². The topological polar surface area (TPSA) is 84.3 Å². The first kappa shape index (κ1) is 12.5. The van der Waals surface area contributed by atoms with Crippen molar-refractivity contribution in [3.63, 3.8) is 0 Å². The van der Waals surface area contributed by atoms with Crippen molar-refractivity contribution >= 4 is 22.5 Å². The van der Waals surface area contributed by atoms with Gasteiger partial charge in [0.15, 0.2) is 5.65 Å². The van der Waals surface area contributed by atoms with E-state index in [1.54, 1.807) is 12.4 Å². The highest BCUT2D eigenvalue weighted by Crippen LogP contribution is 2.24. The average molecular weight is 291 g/mol. The Morgan fingerprint density at radius 2 is 1.95 bits per heavy atom. The van der Waals surface area contributed by atoms with Gasteiger partial charge in [0.05, 0.1) is 34.8 Å². The minimum atomic E-state index is 0.700. The second kappa shape index (κ2) is 4.96. The van der Waals surface area contributed by atoms with Gasteiger partial charge in [0.2, 0.25) is 0 Å². The van der Waals surface area contributed by atoms with Crippen LogP contribution in [0.3, 0.4) is 0 Å². The number of nitrogens with zero attached hydrogens (tertiary/aromatic N) is 5. The first-order valence-corrected chi connectivity index (χ1v) is 6.84. The summed E-state index contributed by atoms with van der Waals surface area (Å²) in [5.74, 6) is 0.703. The molecular weight excluding hydrogens is 278 g/mol. The molecule has 0 atom stereocenters. The maximum Gasteiger partial charge on any atom is 0.160 e. The van der Waals surface area contributed by atoms with Crippen molar-refractivity contribution in [2.45, 2.75) is 6.92 Å². The number of aromatic nitrogens is 6.